The number of aromatic nitrogens is 2. The van der Waals surface area contributed by atoms with Gasteiger partial charge in [0.2, 0.25) is 0 Å². The van der Waals surface area contributed by atoms with Crippen LogP contribution in [0.1, 0.15) is 17.1 Å². The van der Waals surface area contributed by atoms with E-state index in [1.54, 1.807) is 6.07 Å². The zero-order valence-electron chi connectivity index (χ0n) is 10.1. The summed E-state index contributed by atoms with van der Waals surface area (Å²) in [5.74, 6) is 1.32. The summed E-state index contributed by atoms with van der Waals surface area (Å²) in [6.45, 7) is 2.64. The second kappa shape index (κ2) is 5.80. The number of hydrogen-bond acceptors (Lipinski definition) is 4. The van der Waals surface area contributed by atoms with Crippen LogP contribution in [0.15, 0.2) is 30.3 Å². The van der Waals surface area contributed by atoms with E-state index in [0.717, 1.165) is 17.0 Å². The van der Waals surface area contributed by atoms with E-state index in [9.17, 15) is 0 Å². The van der Waals surface area contributed by atoms with E-state index in [0.29, 0.717) is 17.5 Å². The molecule has 0 radical (unpaired) electrons. The smallest absolute Gasteiger partial charge is 0.167 e. The minimum absolute atomic E-state index is 0.287. The van der Waals surface area contributed by atoms with Gasteiger partial charge < -0.3 is 10.5 Å². The van der Waals surface area contributed by atoms with Crippen molar-refractivity contribution in [2.24, 2.45) is 5.73 Å². The molecule has 1 aromatic carbocycles. The normalized spacial score (nSPS) is 10.4. The van der Waals surface area contributed by atoms with Crippen LogP contribution in [-0.4, -0.2) is 9.97 Å². The molecule has 1 heterocycles. The van der Waals surface area contributed by atoms with Crippen LogP contribution in [0.5, 0.6) is 5.75 Å². The highest BCUT2D eigenvalue weighted by Crippen LogP contribution is 2.14. The number of hydrogen-bond donors (Lipinski definition) is 1. The van der Waals surface area contributed by atoms with Gasteiger partial charge in [0.25, 0.3) is 0 Å². The van der Waals surface area contributed by atoms with E-state index in [1.165, 1.54) is 0 Å². The Kier molecular flexibility index (Phi) is 4.12. The highest BCUT2D eigenvalue weighted by molar-refractivity contribution is 6.29. The quantitative estimate of drug-likeness (QED) is 0.861. The van der Waals surface area contributed by atoms with E-state index >= 15 is 0 Å². The van der Waals surface area contributed by atoms with Crippen LogP contribution in [0.4, 0.5) is 0 Å². The van der Waals surface area contributed by atoms with Gasteiger partial charge in [0, 0.05) is 12.2 Å². The summed E-state index contributed by atoms with van der Waals surface area (Å²) in [6.07, 6.45) is 0. The lowest BCUT2D eigenvalue weighted by atomic mass is 10.2. The maximum atomic E-state index is 5.86. The summed E-state index contributed by atoms with van der Waals surface area (Å²) in [7, 11) is 0. The van der Waals surface area contributed by atoms with Crippen molar-refractivity contribution in [3.05, 3.63) is 52.6 Å². The molecule has 4 nitrogen and oxygen atoms in total. The summed E-state index contributed by atoms with van der Waals surface area (Å²) >= 11 is 5.86. The highest BCUT2D eigenvalue weighted by atomic mass is 35.5. The molecule has 0 aliphatic carbocycles. The number of rotatable bonds is 4. The first-order valence-electron chi connectivity index (χ1n) is 5.59. The zero-order chi connectivity index (χ0) is 13.0. The molecule has 0 bridgehead atoms. The fourth-order valence-electron chi connectivity index (χ4n) is 1.56. The van der Waals surface area contributed by atoms with Crippen LogP contribution in [0.3, 0.4) is 0 Å². The van der Waals surface area contributed by atoms with E-state index < -0.39 is 0 Å². The molecule has 0 saturated carbocycles. The molecule has 0 fully saturated rings. The zero-order valence-corrected chi connectivity index (χ0v) is 10.8. The Bertz CT molecular complexity index is 525. The molecular formula is C13H14ClN3O. The molecule has 0 unspecified atom stereocenters. The number of nitrogens with zero attached hydrogens (tertiary/aromatic N) is 2. The van der Waals surface area contributed by atoms with Crippen LogP contribution in [0, 0.1) is 6.92 Å². The summed E-state index contributed by atoms with van der Waals surface area (Å²) in [6, 6.07) is 9.34. The monoisotopic (exact) mass is 263 g/mol. The Balaban J connectivity index is 2.06. The molecule has 0 spiro atoms. The Hall–Kier alpha value is -1.65. The molecule has 0 aliphatic heterocycles. The molecule has 0 aliphatic rings. The first-order chi connectivity index (χ1) is 8.67. The van der Waals surface area contributed by atoms with Gasteiger partial charge in [-0.05, 0) is 30.7 Å². The molecule has 0 atom stereocenters. The van der Waals surface area contributed by atoms with Crippen molar-refractivity contribution in [1.29, 1.82) is 0 Å². The first kappa shape index (κ1) is 12.8. The second-order valence-corrected chi connectivity index (χ2v) is 4.28. The highest BCUT2D eigenvalue weighted by Gasteiger charge is 2.02. The fourth-order valence-corrected chi connectivity index (χ4v) is 1.82. The molecule has 2 rings (SSSR count). The van der Waals surface area contributed by atoms with E-state index in [-0.39, 0.29) is 6.61 Å². The summed E-state index contributed by atoms with van der Waals surface area (Å²) in [4.78, 5) is 8.34. The molecule has 2 aromatic rings. The Morgan fingerprint density at radius 3 is 2.83 bits per heavy atom. The van der Waals surface area contributed by atoms with Crippen LogP contribution in [0.2, 0.25) is 5.15 Å². The van der Waals surface area contributed by atoms with E-state index in [4.69, 9.17) is 22.1 Å². The van der Waals surface area contributed by atoms with Gasteiger partial charge in [-0.15, -0.1) is 0 Å². The number of nitrogens with two attached hydrogens (primary N) is 1. The van der Waals surface area contributed by atoms with Gasteiger partial charge >= 0.3 is 0 Å². The van der Waals surface area contributed by atoms with Crippen LogP contribution < -0.4 is 10.5 Å². The molecule has 2 N–H and O–H groups in total. The number of ether oxygens (including phenoxy) is 1. The predicted molar refractivity (Wildman–Crippen MR) is 70.4 cm³/mol. The summed E-state index contributed by atoms with van der Waals surface area (Å²) in [5.41, 5.74) is 7.42. The third-order valence-electron chi connectivity index (χ3n) is 2.37. The first-order valence-corrected chi connectivity index (χ1v) is 5.97. The van der Waals surface area contributed by atoms with Crippen molar-refractivity contribution in [2.45, 2.75) is 20.1 Å². The average molecular weight is 264 g/mol. The number of benzene rings is 1. The van der Waals surface area contributed by atoms with Gasteiger partial charge in [-0.1, -0.05) is 23.7 Å². The molecule has 5 heteroatoms. The van der Waals surface area contributed by atoms with Crippen molar-refractivity contribution >= 4 is 11.6 Å². The topological polar surface area (TPSA) is 61.0 Å². The lowest BCUT2D eigenvalue weighted by Crippen LogP contribution is -2.03. The van der Waals surface area contributed by atoms with Gasteiger partial charge in [0.05, 0.1) is 0 Å². The van der Waals surface area contributed by atoms with Crippen LogP contribution in [0.25, 0.3) is 0 Å². The van der Waals surface area contributed by atoms with Gasteiger partial charge in [-0.3, -0.25) is 0 Å². The molecule has 18 heavy (non-hydrogen) atoms. The third kappa shape index (κ3) is 3.42. The molecule has 94 valence electrons. The van der Waals surface area contributed by atoms with E-state index in [1.807, 2.05) is 31.2 Å². The van der Waals surface area contributed by atoms with Gasteiger partial charge in [0.15, 0.2) is 5.82 Å². The van der Waals surface area contributed by atoms with Crippen molar-refractivity contribution in [3.63, 3.8) is 0 Å². The minimum atomic E-state index is 0.287. The maximum Gasteiger partial charge on any atom is 0.167 e. The van der Waals surface area contributed by atoms with E-state index in [2.05, 4.69) is 9.97 Å². The largest absolute Gasteiger partial charge is 0.486 e. The maximum absolute atomic E-state index is 5.86. The Labute approximate surface area is 111 Å². The van der Waals surface area contributed by atoms with Crippen LogP contribution >= 0.6 is 11.6 Å². The van der Waals surface area contributed by atoms with Gasteiger partial charge in [0.1, 0.15) is 17.5 Å². The molecule has 0 saturated heterocycles. The summed E-state index contributed by atoms with van der Waals surface area (Å²) in [5, 5.41) is 0.428. The predicted octanol–water partition coefficient (Wildman–Crippen LogP) is 2.48. The van der Waals surface area contributed by atoms with Gasteiger partial charge in [-0.25, -0.2) is 9.97 Å². The van der Waals surface area contributed by atoms with Crippen molar-refractivity contribution in [3.8, 4) is 5.75 Å². The van der Waals surface area contributed by atoms with Crippen molar-refractivity contribution in [2.75, 3.05) is 0 Å². The Morgan fingerprint density at radius 1 is 1.28 bits per heavy atom. The van der Waals surface area contributed by atoms with Crippen LogP contribution in [-0.2, 0) is 13.2 Å². The number of aryl methyl sites for hydroxylation is 1. The average Bonchev–Trinajstić information content (AvgIpc) is 2.35. The molecular weight excluding hydrogens is 250 g/mol. The standard InChI is InChI=1S/C13H14ClN3O/c1-9-5-12(14)17-13(16-9)8-18-11-4-2-3-10(6-11)7-15/h2-6H,7-8,15H2,1H3. The second-order valence-electron chi connectivity index (χ2n) is 3.89. The van der Waals surface area contributed by atoms with Crippen molar-refractivity contribution in [1.82, 2.24) is 9.97 Å². The summed E-state index contributed by atoms with van der Waals surface area (Å²) < 4.78 is 5.61. The lowest BCUT2D eigenvalue weighted by Gasteiger charge is -2.07. The van der Waals surface area contributed by atoms with Crippen molar-refractivity contribution < 1.29 is 4.74 Å². The molecule has 0 amide bonds. The fraction of sp³-hybridized carbons (Fsp3) is 0.231. The van der Waals surface area contributed by atoms with Gasteiger partial charge in [-0.2, -0.15) is 0 Å². The number of halogens is 1. The SMILES string of the molecule is Cc1cc(Cl)nc(COc2cccc(CN)c2)n1. The third-order valence-corrected chi connectivity index (χ3v) is 2.56. The Morgan fingerprint density at radius 2 is 2.11 bits per heavy atom. The minimum Gasteiger partial charge on any atom is -0.486 e. The molecule has 1 aromatic heterocycles. The lowest BCUT2D eigenvalue weighted by molar-refractivity contribution is 0.295.